The molecular formula is C26H31N5O4S. The van der Waals surface area contributed by atoms with Gasteiger partial charge in [0.15, 0.2) is 5.82 Å². The largest absolute Gasteiger partial charge is 0.478 e. The van der Waals surface area contributed by atoms with E-state index in [4.69, 9.17) is 14.2 Å². The first-order chi connectivity index (χ1) is 17.7. The van der Waals surface area contributed by atoms with E-state index in [9.17, 15) is 4.79 Å². The van der Waals surface area contributed by atoms with Crippen molar-refractivity contribution in [2.45, 2.75) is 49.1 Å². The zero-order valence-electron chi connectivity index (χ0n) is 20.6. The molecule has 0 aliphatic carbocycles. The molecule has 0 unspecified atom stereocenters. The van der Waals surface area contributed by atoms with E-state index in [1.54, 1.807) is 37.5 Å². The van der Waals surface area contributed by atoms with Gasteiger partial charge in [-0.05, 0) is 49.9 Å². The summed E-state index contributed by atoms with van der Waals surface area (Å²) < 4.78 is 16.1. The highest BCUT2D eigenvalue weighted by atomic mass is 32.2. The topological polar surface area (TPSA) is 98.7 Å². The fourth-order valence-corrected chi connectivity index (χ4v) is 4.74. The number of esters is 1. The number of ether oxygens (including phenoxy) is 3. The smallest absolute Gasteiger partial charge is 0.305 e. The SMILES string of the molecule is CCOC(=O)CCCCCOc1ccc(NCc2ccc3c(c2)N(COC)c2nccnc2S3)cn1. The average Bonchev–Trinajstić information content (AvgIpc) is 2.90. The number of benzene rings is 1. The lowest BCUT2D eigenvalue weighted by atomic mass is 10.1. The number of aromatic nitrogens is 3. The highest BCUT2D eigenvalue weighted by Crippen LogP contribution is 2.46. The molecule has 190 valence electrons. The number of fused-ring (bicyclic) bond motifs is 2. The van der Waals surface area contributed by atoms with Crippen LogP contribution < -0.4 is 15.0 Å². The minimum Gasteiger partial charge on any atom is -0.478 e. The molecule has 1 N–H and O–H groups in total. The van der Waals surface area contributed by atoms with E-state index in [0.29, 0.717) is 38.8 Å². The van der Waals surface area contributed by atoms with Gasteiger partial charge in [-0.1, -0.05) is 17.8 Å². The third-order valence-corrected chi connectivity index (χ3v) is 6.54. The highest BCUT2D eigenvalue weighted by Gasteiger charge is 2.25. The van der Waals surface area contributed by atoms with Gasteiger partial charge in [-0.3, -0.25) is 9.69 Å². The molecule has 0 radical (unpaired) electrons. The van der Waals surface area contributed by atoms with Gasteiger partial charge in [-0.25, -0.2) is 15.0 Å². The molecule has 0 saturated carbocycles. The second-order valence-electron chi connectivity index (χ2n) is 8.14. The van der Waals surface area contributed by atoms with Crippen LogP contribution in [0.4, 0.5) is 17.2 Å². The predicted molar refractivity (Wildman–Crippen MR) is 139 cm³/mol. The van der Waals surface area contributed by atoms with Gasteiger partial charge >= 0.3 is 5.97 Å². The third-order valence-electron chi connectivity index (χ3n) is 5.49. The summed E-state index contributed by atoms with van der Waals surface area (Å²) in [4.78, 5) is 27.9. The van der Waals surface area contributed by atoms with Crippen molar-refractivity contribution >= 4 is 34.9 Å². The molecule has 0 amide bonds. The van der Waals surface area contributed by atoms with Crippen LogP contribution in [0.25, 0.3) is 0 Å². The zero-order valence-corrected chi connectivity index (χ0v) is 21.4. The second kappa shape index (κ2) is 13.1. The molecular weight excluding hydrogens is 478 g/mol. The number of hydrogen-bond donors (Lipinski definition) is 1. The van der Waals surface area contributed by atoms with Crippen molar-refractivity contribution in [2.75, 3.05) is 37.3 Å². The quantitative estimate of drug-likeness (QED) is 0.245. The molecule has 0 spiro atoms. The fraction of sp³-hybridized carbons (Fsp3) is 0.385. The van der Waals surface area contributed by atoms with Crippen LogP contribution in [0.2, 0.25) is 0 Å². The molecule has 0 saturated heterocycles. The summed E-state index contributed by atoms with van der Waals surface area (Å²) in [5.74, 6) is 1.26. The minimum atomic E-state index is -0.135. The van der Waals surface area contributed by atoms with Crippen LogP contribution in [-0.4, -0.2) is 48.0 Å². The first kappa shape index (κ1) is 25.7. The Morgan fingerprint density at radius 3 is 2.78 bits per heavy atom. The molecule has 3 aromatic rings. The molecule has 3 heterocycles. The maximum atomic E-state index is 11.3. The molecule has 0 fully saturated rings. The molecule has 2 aromatic heterocycles. The first-order valence-electron chi connectivity index (χ1n) is 12.0. The summed E-state index contributed by atoms with van der Waals surface area (Å²) in [6.07, 6.45) is 8.23. The van der Waals surface area contributed by atoms with Gasteiger partial charge in [0.1, 0.15) is 11.8 Å². The van der Waals surface area contributed by atoms with E-state index in [1.807, 2.05) is 24.0 Å². The summed E-state index contributed by atoms with van der Waals surface area (Å²) in [7, 11) is 1.68. The van der Waals surface area contributed by atoms with E-state index in [0.717, 1.165) is 51.9 Å². The Hall–Kier alpha value is -3.37. The van der Waals surface area contributed by atoms with E-state index in [2.05, 4.69) is 38.5 Å². The van der Waals surface area contributed by atoms with Crippen molar-refractivity contribution in [1.82, 2.24) is 15.0 Å². The number of nitrogens with zero attached hydrogens (tertiary/aromatic N) is 4. The van der Waals surface area contributed by atoms with Gasteiger partial charge in [0.05, 0.1) is 30.8 Å². The van der Waals surface area contributed by atoms with Crippen LogP contribution in [0.3, 0.4) is 0 Å². The maximum absolute atomic E-state index is 11.3. The Labute approximate surface area is 215 Å². The summed E-state index contributed by atoms with van der Waals surface area (Å²) >= 11 is 1.61. The second-order valence-corrected chi connectivity index (χ2v) is 9.17. The monoisotopic (exact) mass is 509 g/mol. The summed E-state index contributed by atoms with van der Waals surface area (Å²) in [5, 5.41) is 4.29. The van der Waals surface area contributed by atoms with Crippen LogP contribution in [-0.2, 0) is 20.8 Å². The number of anilines is 3. The molecule has 1 aliphatic heterocycles. The number of pyridine rings is 1. The van der Waals surface area contributed by atoms with Crippen molar-refractivity contribution in [3.63, 3.8) is 0 Å². The van der Waals surface area contributed by atoms with Crippen LogP contribution in [0.5, 0.6) is 5.88 Å². The van der Waals surface area contributed by atoms with Gasteiger partial charge < -0.3 is 19.5 Å². The molecule has 0 bridgehead atoms. The van der Waals surface area contributed by atoms with E-state index in [1.165, 1.54) is 0 Å². The lowest BCUT2D eigenvalue weighted by Crippen LogP contribution is -2.24. The van der Waals surface area contributed by atoms with Crippen molar-refractivity contribution in [3.05, 3.63) is 54.5 Å². The van der Waals surface area contributed by atoms with Gasteiger partial charge in [0, 0.05) is 43.4 Å². The highest BCUT2D eigenvalue weighted by molar-refractivity contribution is 7.99. The Bertz CT molecular complexity index is 1150. The molecule has 1 aliphatic rings. The summed E-state index contributed by atoms with van der Waals surface area (Å²) in [5.41, 5.74) is 3.10. The molecule has 10 heteroatoms. The normalized spacial score (nSPS) is 12.0. The van der Waals surface area contributed by atoms with E-state index in [-0.39, 0.29) is 5.97 Å². The van der Waals surface area contributed by atoms with Crippen molar-refractivity contribution in [3.8, 4) is 5.88 Å². The van der Waals surface area contributed by atoms with Gasteiger partial charge in [0.2, 0.25) is 5.88 Å². The zero-order chi connectivity index (χ0) is 25.2. The van der Waals surface area contributed by atoms with Crippen LogP contribution in [0, 0.1) is 0 Å². The molecule has 0 atom stereocenters. The Balaban J connectivity index is 1.26. The first-order valence-corrected chi connectivity index (χ1v) is 12.9. The predicted octanol–water partition coefficient (Wildman–Crippen LogP) is 5.19. The standard InChI is InChI=1S/C26H31N5O4S/c1-3-34-24(32)7-5-4-6-14-35-23-11-9-20(17-30-23)29-16-19-8-10-22-21(15-19)31(18-33-2)25-26(36-22)28-13-12-27-25/h8-13,15,17,29H,3-7,14,16,18H2,1-2H3. The lowest BCUT2D eigenvalue weighted by molar-refractivity contribution is -0.143. The summed E-state index contributed by atoms with van der Waals surface area (Å²) in [6, 6.07) is 10.2. The van der Waals surface area contributed by atoms with Crippen LogP contribution in [0.15, 0.2) is 58.8 Å². The average molecular weight is 510 g/mol. The minimum absolute atomic E-state index is 0.135. The van der Waals surface area contributed by atoms with Crippen LogP contribution >= 0.6 is 11.8 Å². The van der Waals surface area contributed by atoms with E-state index >= 15 is 0 Å². The number of nitrogens with one attached hydrogen (secondary N) is 1. The van der Waals surface area contributed by atoms with Crippen molar-refractivity contribution < 1.29 is 19.0 Å². The van der Waals surface area contributed by atoms with E-state index < -0.39 is 0 Å². The number of methoxy groups -OCH3 is 1. The number of hydrogen-bond acceptors (Lipinski definition) is 10. The van der Waals surface area contributed by atoms with Gasteiger partial charge in [-0.15, -0.1) is 0 Å². The molecule has 1 aromatic carbocycles. The maximum Gasteiger partial charge on any atom is 0.305 e. The number of carbonyl (C=O) groups excluding carboxylic acids is 1. The fourth-order valence-electron chi connectivity index (χ4n) is 3.76. The Kier molecular flexibility index (Phi) is 9.34. The Morgan fingerprint density at radius 1 is 1.08 bits per heavy atom. The van der Waals surface area contributed by atoms with Crippen molar-refractivity contribution in [1.29, 1.82) is 0 Å². The number of rotatable bonds is 13. The summed E-state index contributed by atoms with van der Waals surface area (Å²) in [6.45, 7) is 3.87. The third kappa shape index (κ3) is 6.86. The molecule has 9 nitrogen and oxygen atoms in total. The van der Waals surface area contributed by atoms with Gasteiger partial charge in [-0.2, -0.15) is 0 Å². The molecule has 4 rings (SSSR count). The number of carbonyl (C=O) groups is 1. The van der Waals surface area contributed by atoms with Crippen molar-refractivity contribution in [2.24, 2.45) is 0 Å². The van der Waals surface area contributed by atoms with Gasteiger partial charge in [0.25, 0.3) is 0 Å². The number of unbranched alkanes of at least 4 members (excludes halogenated alkanes) is 2. The van der Waals surface area contributed by atoms with Crippen LogP contribution in [0.1, 0.15) is 38.2 Å². The molecule has 36 heavy (non-hydrogen) atoms. The lowest BCUT2D eigenvalue weighted by Gasteiger charge is -2.30. The Morgan fingerprint density at radius 2 is 1.97 bits per heavy atom.